The summed E-state index contributed by atoms with van der Waals surface area (Å²) in [6.45, 7) is 1.09. The minimum Gasteiger partial charge on any atom is -0.366 e. The van der Waals surface area contributed by atoms with Crippen LogP contribution in [0.2, 0.25) is 0 Å². The molecule has 13 heteroatoms. The van der Waals surface area contributed by atoms with Gasteiger partial charge in [0.05, 0.1) is 11.7 Å². The SMILES string of the molecule is CC(=O)Nc1ccnc(NC(=O)N2c3nc(C(=O)NCC(F)(F)F)ccc3N3CCC2C3)c1. The summed E-state index contributed by atoms with van der Waals surface area (Å²) >= 11 is 0. The quantitative estimate of drug-likeness (QED) is 0.641. The lowest BCUT2D eigenvalue weighted by Gasteiger charge is -2.35. The molecule has 1 atom stereocenters. The summed E-state index contributed by atoms with van der Waals surface area (Å²) in [6.07, 6.45) is -2.48. The second-order valence-electron chi connectivity index (χ2n) is 7.64. The van der Waals surface area contributed by atoms with Crippen molar-refractivity contribution in [2.45, 2.75) is 25.6 Å². The predicted octanol–water partition coefficient (Wildman–Crippen LogP) is 2.36. The normalized spacial score (nSPS) is 16.8. The van der Waals surface area contributed by atoms with Gasteiger partial charge < -0.3 is 15.5 Å². The van der Waals surface area contributed by atoms with Crippen molar-refractivity contribution in [3.05, 3.63) is 36.2 Å². The lowest BCUT2D eigenvalue weighted by atomic mass is 10.1. The highest BCUT2D eigenvalue weighted by molar-refractivity contribution is 6.05. The average molecular weight is 463 g/mol. The van der Waals surface area contributed by atoms with Crippen LogP contribution in [0, 0.1) is 0 Å². The molecule has 1 fully saturated rings. The monoisotopic (exact) mass is 463 g/mol. The van der Waals surface area contributed by atoms with Gasteiger partial charge in [-0.05, 0) is 24.6 Å². The number of urea groups is 1. The van der Waals surface area contributed by atoms with Crippen LogP contribution in [0.25, 0.3) is 0 Å². The number of hydrogen-bond acceptors (Lipinski definition) is 6. The Balaban J connectivity index is 1.59. The molecule has 2 aliphatic rings. The van der Waals surface area contributed by atoms with Crippen molar-refractivity contribution in [3.8, 4) is 0 Å². The molecule has 33 heavy (non-hydrogen) atoms. The second-order valence-corrected chi connectivity index (χ2v) is 7.64. The Morgan fingerprint density at radius 1 is 1.18 bits per heavy atom. The summed E-state index contributed by atoms with van der Waals surface area (Å²) in [5, 5.41) is 7.04. The summed E-state index contributed by atoms with van der Waals surface area (Å²) in [4.78, 5) is 48.3. The van der Waals surface area contributed by atoms with Gasteiger partial charge in [0.25, 0.3) is 5.91 Å². The zero-order valence-electron chi connectivity index (χ0n) is 17.4. The van der Waals surface area contributed by atoms with E-state index in [1.54, 1.807) is 17.4 Å². The number of halogens is 3. The van der Waals surface area contributed by atoms with E-state index in [1.807, 2.05) is 4.90 Å². The highest BCUT2D eigenvalue weighted by Gasteiger charge is 2.40. The molecule has 3 N–H and O–H groups in total. The zero-order chi connectivity index (χ0) is 23.8. The summed E-state index contributed by atoms with van der Waals surface area (Å²) in [6, 6.07) is 5.15. The third-order valence-corrected chi connectivity index (χ3v) is 5.17. The number of nitrogens with one attached hydrogen (secondary N) is 3. The number of hydrogen-bond donors (Lipinski definition) is 3. The smallest absolute Gasteiger partial charge is 0.366 e. The van der Waals surface area contributed by atoms with Crippen molar-refractivity contribution in [2.75, 3.05) is 40.1 Å². The highest BCUT2D eigenvalue weighted by Crippen LogP contribution is 2.39. The Labute approximate surface area is 186 Å². The Hall–Kier alpha value is -3.90. The molecule has 2 aromatic rings. The van der Waals surface area contributed by atoms with Crippen molar-refractivity contribution < 1.29 is 27.6 Å². The van der Waals surface area contributed by atoms with E-state index in [4.69, 9.17) is 0 Å². The number of alkyl halides is 3. The van der Waals surface area contributed by atoms with E-state index in [-0.39, 0.29) is 29.3 Å². The third kappa shape index (κ3) is 4.96. The Bertz CT molecular complexity index is 1110. The van der Waals surface area contributed by atoms with Crippen LogP contribution < -0.4 is 25.8 Å². The number of aromatic nitrogens is 2. The van der Waals surface area contributed by atoms with Gasteiger partial charge in [-0.25, -0.2) is 14.8 Å². The van der Waals surface area contributed by atoms with E-state index in [2.05, 4.69) is 20.6 Å². The fourth-order valence-electron chi connectivity index (χ4n) is 3.82. The average Bonchev–Trinajstić information content (AvgIpc) is 3.15. The Morgan fingerprint density at radius 3 is 2.70 bits per heavy atom. The maximum atomic E-state index is 13.2. The molecule has 4 rings (SSSR count). The molecule has 2 bridgehead atoms. The molecule has 2 aliphatic heterocycles. The zero-order valence-corrected chi connectivity index (χ0v) is 17.4. The molecule has 174 valence electrons. The molecule has 0 saturated carbocycles. The molecule has 4 amide bonds. The number of rotatable bonds is 4. The number of carbonyl (C=O) groups excluding carboxylic acids is 3. The van der Waals surface area contributed by atoms with E-state index in [9.17, 15) is 27.6 Å². The first-order chi connectivity index (χ1) is 15.6. The van der Waals surface area contributed by atoms with Gasteiger partial charge in [-0.15, -0.1) is 0 Å². The maximum Gasteiger partial charge on any atom is 0.405 e. The molecule has 0 spiro atoms. The van der Waals surface area contributed by atoms with Crippen molar-refractivity contribution >= 4 is 40.9 Å². The fourth-order valence-corrected chi connectivity index (χ4v) is 3.82. The minimum atomic E-state index is -4.56. The van der Waals surface area contributed by atoms with Gasteiger partial charge in [0, 0.05) is 38.0 Å². The molecule has 2 aromatic heterocycles. The van der Waals surface area contributed by atoms with Gasteiger partial charge in [-0.2, -0.15) is 13.2 Å². The molecule has 0 aromatic carbocycles. The summed E-state index contributed by atoms with van der Waals surface area (Å²) in [5.74, 6) is -0.908. The molecule has 10 nitrogen and oxygen atoms in total. The first-order valence-electron chi connectivity index (χ1n) is 10.1. The van der Waals surface area contributed by atoms with Crippen LogP contribution in [-0.4, -0.2) is 59.7 Å². The summed E-state index contributed by atoms with van der Waals surface area (Å²) < 4.78 is 37.4. The Kier molecular flexibility index (Phi) is 5.78. The molecule has 0 radical (unpaired) electrons. The third-order valence-electron chi connectivity index (χ3n) is 5.17. The molecular formula is C20H20F3N7O3. The number of anilines is 4. The van der Waals surface area contributed by atoms with E-state index >= 15 is 0 Å². The van der Waals surface area contributed by atoms with E-state index in [0.717, 1.165) is 0 Å². The Morgan fingerprint density at radius 2 is 1.97 bits per heavy atom. The number of nitrogens with zero attached hydrogens (tertiary/aromatic N) is 4. The lowest BCUT2D eigenvalue weighted by molar-refractivity contribution is -0.123. The second kappa shape index (κ2) is 8.56. The van der Waals surface area contributed by atoms with Crippen molar-refractivity contribution in [3.63, 3.8) is 0 Å². The van der Waals surface area contributed by atoms with Gasteiger partial charge in [-0.1, -0.05) is 0 Å². The van der Waals surface area contributed by atoms with Crippen molar-refractivity contribution in [2.24, 2.45) is 0 Å². The standard InChI is InChI=1S/C20H20F3N7O3/c1-11(31)26-12-4-6-24-16(8-12)28-19(33)30-13-5-7-29(9-13)15-3-2-14(27-17(15)30)18(32)25-10-20(21,22)23/h2-4,6,8,13H,5,7,9-10H2,1H3,(H,25,32)(H2,24,26,28,31,33). The van der Waals surface area contributed by atoms with Crippen LogP contribution in [0.4, 0.5) is 41.0 Å². The molecule has 4 heterocycles. The van der Waals surface area contributed by atoms with Crippen molar-refractivity contribution in [1.82, 2.24) is 15.3 Å². The number of amides is 4. The first-order valence-corrected chi connectivity index (χ1v) is 10.1. The predicted molar refractivity (Wildman–Crippen MR) is 113 cm³/mol. The maximum absolute atomic E-state index is 13.2. The van der Waals surface area contributed by atoms with Crippen LogP contribution in [0.15, 0.2) is 30.5 Å². The highest BCUT2D eigenvalue weighted by atomic mass is 19.4. The number of pyridine rings is 2. The van der Waals surface area contributed by atoms with Crippen molar-refractivity contribution in [1.29, 1.82) is 0 Å². The van der Waals surface area contributed by atoms with Crippen LogP contribution >= 0.6 is 0 Å². The number of carbonyl (C=O) groups is 3. The van der Waals surface area contributed by atoms with Crippen LogP contribution in [0.5, 0.6) is 0 Å². The van der Waals surface area contributed by atoms with Crippen LogP contribution in [0.3, 0.4) is 0 Å². The summed E-state index contributed by atoms with van der Waals surface area (Å²) in [5.41, 5.74) is 0.816. The first kappa shape index (κ1) is 22.3. The van der Waals surface area contributed by atoms with E-state index in [1.165, 1.54) is 30.2 Å². The van der Waals surface area contributed by atoms with Gasteiger partial charge >= 0.3 is 12.2 Å². The molecule has 1 saturated heterocycles. The van der Waals surface area contributed by atoms with Crippen LogP contribution in [0.1, 0.15) is 23.8 Å². The molecule has 0 aliphatic carbocycles. The van der Waals surface area contributed by atoms with Gasteiger partial charge in [0.15, 0.2) is 5.82 Å². The lowest BCUT2D eigenvalue weighted by Crippen LogP contribution is -2.48. The fraction of sp³-hybridized carbons (Fsp3) is 0.350. The summed E-state index contributed by atoms with van der Waals surface area (Å²) in [7, 11) is 0. The van der Waals surface area contributed by atoms with E-state index in [0.29, 0.717) is 30.9 Å². The number of fused-ring (bicyclic) bond motifs is 4. The largest absolute Gasteiger partial charge is 0.405 e. The van der Waals surface area contributed by atoms with Gasteiger partial charge in [0.1, 0.15) is 18.1 Å². The minimum absolute atomic E-state index is 0.180. The molecule has 1 unspecified atom stereocenters. The van der Waals surface area contributed by atoms with E-state index < -0.39 is 24.7 Å². The topological polar surface area (TPSA) is 120 Å². The van der Waals surface area contributed by atoms with Crippen LogP contribution in [-0.2, 0) is 4.79 Å². The molecular weight excluding hydrogens is 443 g/mol. The van der Waals surface area contributed by atoms with Gasteiger partial charge in [0.2, 0.25) is 5.91 Å². The van der Waals surface area contributed by atoms with Gasteiger partial charge in [-0.3, -0.25) is 19.8 Å².